The van der Waals surface area contributed by atoms with Crippen LogP contribution in [0.25, 0.3) is 0 Å². The highest BCUT2D eigenvalue weighted by atomic mass is 32.2. The highest BCUT2D eigenvalue weighted by Gasteiger charge is 2.85. The Hall–Kier alpha value is -1.70. The fraction of sp³-hybridized carbons (Fsp3) is 0.429. The molecule has 6 unspecified atom stereocenters. The predicted octanol–water partition coefficient (Wildman–Crippen LogP) is 2.48. The van der Waals surface area contributed by atoms with Gasteiger partial charge in [0.05, 0.1) is 32.5 Å². The third-order valence-corrected chi connectivity index (χ3v) is 12.0. The lowest BCUT2D eigenvalue weighted by Crippen LogP contribution is -2.46. The molecule has 0 radical (unpaired) electrons. The summed E-state index contributed by atoms with van der Waals surface area (Å²) >= 11 is 0. The van der Waals surface area contributed by atoms with Gasteiger partial charge in [0, 0.05) is 11.8 Å². The molecule has 6 atom stereocenters. The summed E-state index contributed by atoms with van der Waals surface area (Å²) < 4.78 is 60.5. The highest BCUT2D eigenvalue weighted by Crippen LogP contribution is 2.78. The quantitative estimate of drug-likeness (QED) is 0.716. The smallest absolute Gasteiger partial charge is 0.182 e. The minimum absolute atomic E-state index is 0.0989. The molecule has 28 heavy (non-hydrogen) atoms. The molecule has 146 valence electrons. The molecule has 0 amide bonds. The molecule has 1 saturated heterocycles. The van der Waals surface area contributed by atoms with E-state index in [-0.39, 0.29) is 39.2 Å². The van der Waals surface area contributed by atoms with E-state index in [1.807, 2.05) is 0 Å². The SMILES string of the molecule is O=S(=O)(c1ccccc1)C1C2C3OC3C(C1S(=O)(=O)c1ccccc1)C21CC1. The molecule has 6 rings (SSSR count). The molecule has 7 heteroatoms. The van der Waals surface area contributed by atoms with Crippen molar-refractivity contribution in [2.24, 2.45) is 17.3 Å². The third kappa shape index (κ3) is 2.00. The first-order valence-electron chi connectivity index (χ1n) is 9.62. The number of epoxide rings is 1. The van der Waals surface area contributed by atoms with Gasteiger partial charge in [0.15, 0.2) is 19.7 Å². The molecule has 4 fully saturated rings. The molecule has 2 bridgehead atoms. The van der Waals surface area contributed by atoms with E-state index in [4.69, 9.17) is 4.74 Å². The van der Waals surface area contributed by atoms with Gasteiger partial charge in [0.2, 0.25) is 0 Å². The van der Waals surface area contributed by atoms with Crippen LogP contribution in [-0.4, -0.2) is 39.5 Å². The summed E-state index contributed by atoms with van der Waals surface area (Å²) in [6.45, 7) is 0. The lowest BCUT2D eigenvalue weighted by molar-refractivity contribution is 0.180. The molecule has 0 aromatic heterocycles. The van der Waals surface area contributed by atoms with Gasteiger partial charge < -0.3 is 4.74 Å². The van der Waals surface area contributed by atoms with Gasteiger partial charge in [-0.25, -0.2) is 16.8 Å². The summed E-state index contributed by atoms with van der Waals surface area (Å²) in [5.74, 6) is -0.451. The van der Waals surface area contributed by atoms with Crippen LogP contribution in [0.1, 0.15) is 12.8 Å². The Morgan fingerprint density at radius 1 is 0.679 bits per heavy atom. The van der Waals surface area contributed by atoms with E-state index in [0.717, 1.165) is 12.8 Å². The topological polar surface area (TPSA) is 80.8 Å². The van der Waals surface area contributed by atoms with Crippen molar-refractivity contribution in [3.63, 3.8) is 0 Å². The maximum Gasteiger partial charge on any atom is 0.182 e. The average molecular weight is 417 g/mol. The van der Waals surface area contributed by atoms with Crippen molar-refractivity contribution in [3.8, 4) is 0 Å². The van der Waals surface area contributed by atoms with Gasteiger partial charge >= 0.3 is 0 Å². The maximum atomic E-state index is 13.7. The minimum Gasteiger partial charge on any atom is -0.369 e. The van der Waals surface area contributed by atoms with Crippen LogP contribution in [0.15, 0.2) is 70.5 Å². The molecule has 5 nitrogen and oxygen atoms in total. The standard InChI is InChI=1S/C21H20O5S2/c22-27(23,13-7-3-1-4-8-13)19-15-17-18(26-17)16(21(15)11-12-21)20(19)28(24,25)14-9-5-2-6-10-14/h1-10,15-20H,11-12H2. The van der Waals surface area contributed by atoms with Crippen molar-refractivity contribution in [3.05, 3.63) is 60.7 Å². The van der Waals surface area contributed by atoms with Crippen molar-refractivity contribution in [2.45, 2.75) is 45.3 Å². The first-order valence-corrected chi connectivity index (χ1v) is 12.7. The summed E-state index contributed by atoms with van der Waals surface area (Å²) in [7, 11) is -7.61. The van der Waals surface area contributed by atoms with Crippen LogP contribution < -0.4 is 0 Å². The van der Waals surface area contributed by atoms with Crippen LogP contribution in [0.3, 0.4) is 0 Å². The first-order chi connectivity index (χ1) is 13.4. The molecular formula is C21H20O5S2. The summed E-state index contributed by atoms with van der Waals surface area (Å²) in [5, 5.41) is -1.90. The minimum atomic E-state index is -3.81. The Balaban J connectivity index is 1.55. The number of hydrogen-bond acceptors (Lipinski definition) is 5. The second-order valence-corrected chi connectivity index (χ2v) is 12.7. The fourth-order valence-electron chi connectivity index (χ4n) is 6.11. The van der Waals surface area contributed by atoms with E-state index in [1.54, 1.807) is 60.7 Å². The van der Waals surface area contributed by atoms with Crippen LogP contribution in [-0.2, 0) is 24.4 Å². The van der Waals surface area contributed by atoms with E-state index in [0.29, 0.717) is 0 Å². The zero-order chi connectivity index (χ0) is 19.3. The number of ether oxygens (including phenoxy) is 1. The number of benzene rings is 2. The fourth-order valence-corrected chi connectivity index (χ4v) is 11.4. The molecule has 3 saturated carbocycles. The normalized spacial score (nSPS) is 37.0. The summed E-state index contributed by atoms with van der Waals surface area (Å²) in [6.07, 6.45) is 1.61. The van der Waals surface area contributed by atoms with Crippen molar-refractivity contribution < 1.29 is 21.6 Å². The van der Waals surface area contributed by atoms with Gasteiger partial charge in [-0.05, 0) is 42.5 Å². The average Bonchev–Trinajstić information content (AvgIpc) is 3.61. The lowest BCUT2D eigenvalue weighted by Gasteiger charge is -2.28. The molecule has 2 aromatic carbocycles. The zero-order valence-corrected chi connectivity index (χ0v) is 16.6. The number of fused-ring (bicyclic) bond motifs is 3. The van der Waals surface area contributed by atoms with Crippen molar-refractivity contribution in [1.29, 1.82) is 0 Å². The van der Waals surface area contributed by atoms with Gasteiger partial charge in [-0.2, -0.15) is 0 Å². The molecule has 3 aliphatic carbocycles. The second-order valence-electron chi connectivity index (χ2n) is 8.50. The van der Waals surface area contributed by atoms with Gasteiger partial charge in [0.1, 0.15) is 0 Å². The Morgan fingerprint density at radius 2 is 1.07 bits per heavy atom. The Morgan fingerprint density at radius 3 is 1.43 bits per heavy atom. The van der Waals surface area contributed by atoms with Gasteiger partial charge in [-0.1, -0.05) is 36.4 Å². The monoisotopic (exact) mass is 416 g/mol. The number of sulfone groups is 2. The molecular weight excluding hydrogens is 396 g/mol. The van der Waals surface area contributed by atoms with Crippen LogP contribution in [0, 0.1) is 17.3 Å². The van der Waals surface area contributed by atoms with Crippen LogP contribution in [0.5, 0.6) is 0 Å². The van der Waals surface area contributed by atoms with E-state index in [1.165, 1.54) is 0 Å². The number of hydrogen-bond donors (Lipinski definition) is 0. The van der Waals surface area contributed by atoms with E-state index in [9.17, 15) is 16.8 Å². The summed E-state index contributed by atoms with van der Waals surface area (Å²) in [4.78, 5) is 0.405. The molecule has 2 aromatic rings. The van der Waals surface area contributed by atoms with E-state index in [2.05, 4.69) is 0 Å². The molecule has 1 heterocycles. The highest BCUT2D eigenvalue weighted by molar-refractivity contribution is 7.96. The van der Waals surface area contributed by atoms with Gasteiger partial charge in [-0.3, -0.25) is 0 Å². The number of rotatable bonds is 4. The van der Waals surface area contributed by atoms with Crippen LogP contribution in [0.2, 0.25) is 0 Å². The van der Waals surface area contributed by atoms with Crippen LogP contribution in [0.4, 0.5) is 0 Å². The molecule has 0 N–H and O–H groups in total. The first kappa shape index (κ1) is 17.2. The van der Waals surface area contributed by atoms with Gasteiger partial charge in [0.25, 0.3) is 0 Å². The lowest BCUT2D eigenvalue weighted by atomic mass is 9.93. The van der Waals surface area contributed by atoms with Crippen LogP contribution >= 0.6 is 0 Å². The van der Waals surface area contributed by atoms with Crippen molar-refractivity contribution in [2.75, 3.05) is 0 Å². The molecule has 4 aliphatic rings. The van der Waals surface area contributed by atoms with E-state index < -0.39 is 30.2 Å². The maximum absolute atomic E-state index is 13.7. The summed E-state index contributed by atoms with van der Waals surface area (Å²) in [6, 6.07) is 16.5. The van der Waals surface area contributed by atoms with Crippen molar-refractivity contribution >= 4 is 19.7 Å². The van der Waals surface area contributed by atoms with E-state index >= 15 is 0 Å². The Kier molecular flexibility index (Phi) is 3.23. The predicted molar refractivity (Wildman–Crippen MR) is 102 cm³/mol. The second kappa shape index (κ2) is 5.26. The Bertz CT molecular complexity index is 1060. The molecule has 1 spiro atoms. The summed E-state index contributed by atoms with van der Waals surface area (Å²) in [5.41, 5.74) is -0.174. The van der Waals surface area contributed by atoms with Crippen molar-refractivity contribution in [1.82, 2.24) is 0 Å². The van der Waals surface area contributed by atoms with Gasteiger partial charge in [-0.15, -0.1) is 0 Å². The Labute approximate surface area is 164 Å². The molecule has 1 aliphatic heterocycles. The largest absolute Gasteiger partial charge is 0.369 e. The zero-order valence-electron chi connectivity index (χ0n) is 15.0. The third-order valence-electron chi connectivity index (χ3n) is 7.32.